The number of amides is 2. The van der Waals surface area contributed by atoms with Gasteiger partial charge in [-0.3, -0.25) is 0 Å². The number of carbonyl (C=O) groups is 1. The molecule has 3 aromatic rings. The number of nitrogens with zero attached hydrogens (tertiary/aromatic N) is 5. The second kappa shape index (κ2) is 9.27. The number of nitrogens with one attached hydrogen (secondary N) is 1. The van der Waals surface area contributed by atoms with E-state index < -0.39 is 0 Å². The van der Waals surface area contributed by atoms with Crippen LogP contribution in [-0.2, 0) is 13.6 Å². The molecule has 0 saturated heterocycles. The van der Waals surface area contributed by atoms with Crippen LogP contribution >= 0.6 is 0 Å². The van der Waals surface area contributed by atoms with Crippen LogP contribution in [0.4, 0.5) is 4.79 Å². The van der Waals surface area contributed by atoms with Crippen LogP contribution in [0.1, 0.15) is 37.7 Å². The third kappa shape index (κ3) is 4.96. The van der Waals surface area contributed by atoms with Crippen LogP contribution in [0.3, 0.4) is 0 Å². The molecule has 0 aliphatic rings. The lowest BCUT2D eigenvalue weighted by Crippen LogP contribution is -2.41. The minimum atomic E-state index is -0.171. The summed E-state index contributed by atoms with van der Waals surface area (Å²) in [6.07, 6.45) is 8.20. The fourth-order valence-electron chi connectivity index (χ4n) is 3.04. The number of ether oxygens (including phenoxy) is 1. The Bertz CT molecular complexity index is 931. The van der Waals surface area contributed by atoms with E-state index in [1.54, 1.807) is 29.1 Å². The van der Waals surface area contributed by atoms with Gasteiger partial charge in [-0.1, -0.05) is 6.92 Å². The fourth-order valence-corrected chi connectivity index (χ4v) is 3.04. The number of aromatic nitrogens is 4. The zero-order valence-corrected chi connectivity index (χ0v) is 17.4. The van der Waals surface area contributed by atoms with Crippen LogP contribution < -0.4 is 10.1 Å². The Morgan fingerprint density at radius 2 is 2.07 bits per heavy atom. The minimum absolute atomic E-state index is 0.112. The van der Waals surface area contributed by atoms with Crippen molar-refractivity contribution in [3.63, 3.8) is 0 Å². The summed E-state index contributed by atoms with van der Waals surface area (Å²) in [5.74, 6) is 1.65. The molecular formula is C21H28N6O2. The molecule has 8 nitrogen and oxygen atoms in total. The van der Waals surface area contributed by atoms with Crippen molar-refractivity contribution in [2.45, 2.75) is 32.9 Å². The molecule has 29 heavy (non-hydrogen) atoms. The first-order valence-electron chi connectivity index (χ1n) is 9.72. The topological polar surface area (TPSA) is 77.2 Å². The van der Waals surface area contributed by atoms with Gasteiger partial charge in [-0.05, 0) is 37.6 Å². The lowest BCUT2D eigenvalue weighted by atomic mass is 10.2. The number of methoxy groups -OCH3 is 1. The van der Waals surface area contributed by atoms with Crippen LogP contribution in [0.25, 0.3) is 5.69 Å². The normalized spacial score (nSPS) is 11.9. The van der Waals surface area contributed by atoms with Crippen LogP contribution in [-0.4, -0.2) is 43.9 Å². The van der Waals surface area contributed by atoms with Gasteiger partial charge in [-0.2, -0.15) is 5.10 Å². The number of hydrogen-bond donors (Lipinski definition) is 1. The highest BCUT2D eigenvalue weighted by Crippen LogP contribution is 2.18. The van der Waals surface area contributed by atoms with Crippen LogP contribution in [0.5, 0.6) is 5.75 Å². The SMILES string of the molecule is CCCN(Cc1nccn1C)C(=O)N[C@@H](C)c1cnn(-c2ccc(OC)cc2)c1. The van der Waals surface area contributed by atoms with E-state index >= 15 is 0 Å². The van der Waals surface area contributed by atoms with E-state index in [-0.39, 0.29) is 12.1 Å². The highest BCUT2D eigenvalue weighted by atomic mass is 16.5. The maximum atomic E-state index is 12.8. The lowest BCUT2D eigenvalue weighted by Gasteiger charge is -2.24. The van der Waals surface area contributed by atoms with E-state index in [4.69, 9.17) is 4.74 Å². The molecule has 0 fully saturated rings. The van der Waals surface area contributed by atoms with Crippen LogP contribution in [0.15, 0.2) is 49.1 Å². The summed E-state index contributed by atoms with van der Waals surface area (Å²) in [6, 6.07) is 7.38. The first-order chi connectivity index (χ1) is 14.0. The molecule has 0 bridgehead atoms. The summed E-state index contributed by atoms with van der Waals surface area (Å²) in [5, 5.41) is 7.49. The van der Waals surface area contributed by atoms with Crippen molar-refractivity contribution in [2.24, 2.45) is 7.05 Å². The Hall–Kier alpha value is -3.29. The molecule has 3 rings (SSSR count). The summed E-state index contributed by atoms with van der Waals surface area (Å²) in [5.41, 5.74) is 1.86. The summed E-state index contributed by atoms with van der Waals surface area (Å²) in [6.45, 7) is 5.15. The third-order valence-electron chi connectivity index (χ3n) is 4.81. The Labute approximate surface area is 171 Å². The Balaban J connectivity index is 1.66. The van der Waals surface area contributed by atoms with E-state index in [9.17, 15) is 4.79 Å². The number of rotatable bonds is 8. The lowest BCUT2D eigenvalue weighted by molar-refractivity contribution is 0.190. The van der Waals surface area contributed by atoms with E-state index in [0.29, 0.717) is 13.1 Å². The van der Waals surface area contributed by atoms with Crippen molar-refractivity contribution in [3.05, 3.63) is 60.4 Å². The van der Waals surface area contributed by atoms with Crippen LogP contribution in [0.2, 0.25) is 0 Å². The highest BCUT2D eigenvalue weighted by Gasteiger charge is 2.19. The van der Waals surface area contributed by atoms with E-state index in [2.05, 4.69) is 22.3 Å². The zero-order valence-electron chi connectivity index (χ0n) is 17.4. The predicted octanol–water partition coefficient (Wildman–Crippen LogP) is 3.30. The first-order valence-corrected chi connectivity index (χ1v) is 9.72. The highest BCUT2D eigenvalue weighted by molar-refractivity contribution is 5.74. The van der Waals surface area contributed by atoms with Crippen molar-refractivity contribution in [2.75, 3.05) is 13.7 Å². The Morgan fingerprint density at radius 1 is 1.31 bits per heavy atom. The van der Waals surface area contributed by atoms with Gasteiger partial charge >= 0.3 is 6.03 Å². The molecule has 0 aliphatic heterocycles. The summed E-state index contributed by atoms with van der Waals surface area (Å²) >= 11 is 0. The largest absolute Gasteiger partial charge is 0.497 e. The van der Waals surface area contributed by atoms with Gasteiger partial charge in [0.05, 0.1) is 31.6 Å². The molecule has 1 N–H and O–H groups in total. The monoisotopic (exact) mass is 396 g/mol. The van der Waals surface area contributed by atoms with E-state index in [0.717, 1.165) is 29.2 Å². The standard InChI is InChI=1S/C21H28N6O2/c1-5-11-26(15-20-22-10-12-25(20)3)21(28)24-16(2)17-13-23-27(14-17)18-6-8-19(29-4)9-7-18/h6-10,12-14,16H,5,11,15H2,1-4H3,(H,24,28)/t16-/m0/s1. The molecule has 154 valence electrons. The maximum Gasteiger partial charge on any atom is 0.318 e. The number of imidazole rings is 1. The molecule has 2 aromatic heterocycles. The van der Waals surface area contributed by atoms with E-state index in [1.165, 1.54) is 0 Å². The van der Waals surface area contributed by atoms with Crippen molar-refractivity contribution < 1.29 is 9.53 Å². The molecule has 0 radical (unpaired) electrons. The minimum Gasteiger partial charge on any atom is -0.497 e. The van der Waals surface area contributed by atoms with Gasteiger partial charge in [0.15, 0.2) is 0 Å². The summed E-state index contributed by atoms with van der Waals surface area (Å²) in [4.78, 5) is 18.9. The quantitative estimate of drug-likeness (QED) is 0.634. The van der Waals surface area contributed by atoms with Crippen LogP contribution in [0, 0.1) is 0 Å². The number of carbonyl (C=O) groups excluding carboxylic acids is 1. The van der Waals surface area contributed by atoms with Gasteiger partial charge in [0.2, 0.25) is 0 Å². The fraction of sp³-hybridized carbons (Fsp3) is 0.381. The molecule has 2 heterocycles. The maximum absolute atomic E-state index is 12.8. The second-order valence-electron chi connectivity index (χ2n) is 6.96. The molecule has 1 aromatic carbocycles. The van der Waals surface area contributed by atoms with E-state index in [1.807, 2.05) is 55.2 Å². The third-order valence-corrected chi connectivity index (χ3v) is 4.81. The number of hydrogen-bond acceptors (Lipinski definition) is 4. The number of urea groups is 1. The van der Waals surface area contributed by atoms with Gasteiger partial charge in [0.25, 0.3) is 0 Å². The average Bonchev–Trinajstić information content (AvgIpc) is 3.37. The molecule has 2 amide bonds. The van der Waals surface area contributed by atoms with Crippen molar-refractivity contribution in [1.82, 2.24) is 29.5 Å². The van der Waals surface area contributed by atoms with Crippen molar-refractivity contribution >= 4 is 6.03 Å². The second-order valence-corrected chi connectivity index (χ2v) is 6.96. The van der Waals surface area contributed by atoms with Gasteiger partial charge in [-0.25, -0.2) is 14.5 Å². The number of benzene rings is 1. The average molecular weight is 396 g/mol. The summed E-state index contributed by atoms with van der Waals surface area (Å²) < 4.78 is 8.91. The van der Waals surface area contributed by atoms with Crippen molar-refractivity contribution in [3.8, 4) is 11.4 Å². The predicted molar refractivity (Wildman–Crippen MR) is 111 cm³/mol. The molecule has 0 spiro atoms. The molecule has 8 heteroatoms. The molecule has 0 aliphatic carbocycles. The molecular weight excluding hydrogens is 368 g/mol. The number of aryl methyl sites for hydroxylation is 1. The van der Waals surface area contributed by atoms with Gasteiger partial charge < -0.3 is 19.5 Å². The van der Waals surface area contributed by atoms with Gasteiger partial charge in [-0.15, -0.1) is 0 Å². The summed E-state index contributed by atoms with van der Waals surface area (Å²) in [7, 11) is 3.57. The Kier molecular flexibility index (Phi) is 6.54. The Morgan fingerprint density at radius 3 is 2.69 bits per heavy atom. The van der Waals surface area contributed by atoms with Crippen molar-refractivity contribution in [1.29, 1.82) is 0 Å². The first kappa shape index (κ1) is 20.4. The zero-order chi connectivity index (χ0) is 20.8. The van der Waals surface area contributed by atoms with Gasteiger partial charge in [0.1, 0.15) is 11.6 Å². The molecule has 0 unspecified atom stereocenters. The smallest absolute Gasteiger partial charge is 0.318 e. The van der Waals surface area contributed by atoms with Gasteiger partial charge in [0, 0.05) is 37.7 Å². The molecule has 0 saturated carbocycles. The molecule has 1 atom stereocenters.